The second kappa shape index (κ2) is 8.97. The minimum Gasteiger partial charge on any atom is -0.352 e. The van der Waals surface area contributed by atoms with Gasteiger partial charge in [0.05, 0.1) is 6.04 Å². The first-order valence-corrected chi connectivity index (χ1v) is 9.22. The number of hydrogen-bond donors (Lipinski definition) is 2. The number of carbonyl (C=O) groups excluding carboxylic acids is 2. The molecule has 3 rings (SSSR count). The Bertz CT molecular complexity index is 813. The Balaban J connectivity index is 1.57. The maximum absolute atomic E-state index is 12.9. The van der Waals surface area contributed by atoms with Gasteiger partial charge in [0.25, 0.3) is 5.91 Å². The normalized spacial score (nSPS) is 16.8. The molecule has 1 heterocycles. The van der Waals surface area contributed by atoms with E-state index in [0.717, 1.165) is 12.1 Å². The zero-order valence-electron chi connectivity index (χ0n) is 14.8. The van der Waals surface area contributed by atoms with Crippen molar-refractivity contribution in [1.29, 1.82) is 0 Å². The van der Waals surface area contributed by atoms with Gasteiger partial charge in [-0.3, -0.25) is 9.59 Å². The van der Waals surface area contributed by atoms with Crippen molar-refractivity contribution in [3.05, 3.63) is 70.5 Å². The highest BCUT2D eigenvalue weighted by molar-refractivity contribution is 6.30. The van der Waals surface area contributed by atoms with Crippen LogP contribution in [0.1, 0.15) is 28.4 Å². The van der Waals surface area contributed by atoms with Crippen LogP contribution in [0.4, 0.5) is 4.39 Å². The minimum absolute atomic E-state index is 0.0270. The van der Waals surface area contributed by atoms with Crippen molar-refractivity contribution in [3.8, 4) is 0 Å². The molecule has 2 aromatic carbocycles. The monoisotopic (exact) mass is 389 g/mol. The molecule has 1 aliphatic heterocycles. The molecule has 1 saturated heterocycles. The topological polar surface area (TPSA) is 61.4 Å². The van der Waals surface area contributed by atoms with E-state index < -0.39 is 5.82 Å². The zero-order chi connectivity index (χ0) is 19.2. The number of hydrogen-bond acceptors (Lipinski definition) is 3. The van der Waals surface area contributed by atoms with Gasteiger partial charge in [0.15, 0.2) is 0 Å². The van der Waals surface area contributed by atoms with Crippen LogP contribution in [-0.2, 0) is 4.79 Å². The molecule has 0 radical (unpaired) electrons. The fourth-order valence-electron chi connectivity index (χ4n) is 3.14. The molecular formula is C20H21ClFN3O2. The molecule has 1 fully saturated rings. The second-order valence-corrected chi connectivity index (χ2v) is 6.81. The molecule has 27 heavy (non-hydrogen) atoms. The van der Waals surface area contributed by atoms with Gasteiger partial charge >= 0.3 is 0 Å². The van der Waals surface area contributed by atoms with Crippen LogP contribution in [0.2, 0.25) is 5.02 Å². The first-order valence-electron chi connectivity index (χ1n) is 8.84. The number of carbonyl (C=O) groups is 2. The Morgan fingerprint density at radius 1 is 1.22 bits per heavy atom. The summed E-state index contributed by atoms with van der Waals surface area (Å²) in [5, 5.41) is 6.64. The van der Waals surface area contributed by atoms with E-state index in [4.69, 9.17) is 11.6 Å². The van der Waals surface area contributed by atoms with E-state index in [9.17, 15) is 14.0 Å². The Morgan fingerprint density at radius 3 is 2.74 bits per heavy atom. The van der Waals surface area contributed by atoms with Gasteiger partial charge in [-0.25, -0.2) is 4.39 Å². The molecule has 0 bridgehead atoms. The number of nitrogens with zero attached hydrogens (tertiary/aromatic N) is 1. The lowest BCUT2D eigenvalue weighted by molar-refractivity contribution is -0.134. The SMILES string of the molecule is O=C(NCCC(=O)N1CCNCC1c1cccc(Cl)c1)c1ccc(F)cc1. The zero-order valence-corrected chi connectivity index (χ0v) is 15.5. The van der Waals surface area contributed by atoms with Crippen LogP contribution in [0.3, 0.4) is 0 Å². The Kier molecular flexibility index (Phi) is 6.42. The summed E-state index contributed by atoms with van der Waals surface area (Å²) in [4.78, 5) is 26.6. The summed E-state index contributed by atoms with van der Waals surface area (Å²) in [5.41, 5.74) is 1.35. The Labute approximate surface area is 162 Å². The van der Waals surface area contributed by atoms with Crippen molar-refractivity contribution in [3.63, 3.8) is 0 Å². The van der Waals surface area contributed by atoms with Crippen LogP contribution in [-0.4, -0.2) is 42.9 Å². The molecule has 2 N–H and O–H groups in total. The van der Waals surface area contributed by atoms with Gasteiger partial charge in [0.1, 0.15) is 5.82 Å². The summed E-state index contributed by atoms with van der Waals surface area (Å²) in [6.45, 7) is 2.21. The molecule has 2 aromatic rings. The molecule has 2 amide bonds. The van der Waals surface area contributed by atoms with Crippen molar-refractivity contribution in [2.75, 3.05) is 26.2 Å². The van der Waals surface area contributed by atoms with Crippen molar-refractivity contribution in [1.82, 2.24) is 15.5 Å². The molecule has 0 spiro atoms. The number of nitrogens with one attached hydrogen (secondary N) is 2. The molecular weight excluding hydrogens is 369 g/mol. The van der Waals surface area contributed by atoms with Crippen molar-refractivity contribution < 1.29 is 14.0 Å². The van der Waals surface area contributed by atoms with Gasteiger partial charge < -0.3 is 15.5 Å². The summed E-state index contributed by atoms with van der Waals surface area (Å²) in [6, 6.07) is 12.7. The van der Waals surface area contributed by atoms with Gasteiger partial charge in [0, 0.05) is 43.2 Å². The number of halogens is 2. The fourth-order valence-corrected chi connectivity index (χ4v) is 3.34. The van der Waals surface area contributed by atoms with Crippen molar-refractivity contribution >= 4 is 23.4 Å². The van der Waals surface area contributed by atoms with E-state index in [-0.39, 0.29) is 30.8 Å². The molecule has 0 saturated carbocycles. The maximum atomic E-state index is 12.9. The molecule has 1 atom stereocenters. The summed E-state index contributed by atoms with van der Waals surface area (Å²) in [7, 11) is 0. The average molecular weight is 390 g/mol. The number of piperazine rings is 1. The lowest BCUT2D eigenvalue weighted by Crippen LogP contribution is -2.49. The summed E-state index contributed by atoms with van der Waals surface area (Å²) in [6.07, 6.45) is 0.198. The third-order valence-electron chi connectivity index (χ3n) is 4.53. The van der Waals surface area contributed by atoms with Crippen LogP contribution in [0.5, 0.6) is 0 Å². The molecule has 0 aromatic heterocycles. The summed E-state index contributed by atoms with van der Waals surface area (Å²) in [5.74, 6) is -0.747. The lowest BCUT2D eigenvalue weighted by Gasteiger charge is -2.36. The molecule has 0 aliphatic carbocycles. The average Bonchev–Trinajstić information content (AvgIpc) is 2.68. The number of benzene rings is 2. The highest BCUT2D eigenvalue weighted by Crippen LogP contribution is 2.25. The van der Waals surface area contributed by atoms with Gasteiger partial charge in [0.2, 0.25) is 5.91 Å². The smallest absolute Gasteiger partial charge is 0.251 e. The van der Waals surface area contributed by atoms with Crippen molar-refractivity contribution in [2.45, 2.75) is 12.5 Å². The molecule has 142 valence electrons. The number of amides is 2. The second-order valence-electron chi connectivity index (χ2n) is 6.37. The largest absolute Gasteiger partial charge is 0.352 e. The molecule has 7 heteroatoms. The van der Waals surface area contributed by atoms with Crippen LogP contribution in [0.15, 0.2) is 48.5 Å². The van der Waals surface area contributed by atoms with Crippen LogP contribution in [0, 0.1) is 5.82 Å². The molecule has 1 aliphatic rings. The third-order valence-corrected chi connectivity index (χ3v) is 4.76. The fraction of sp³-hybridized carbons (Fsp3) is 0.300. The predicted octanol–water partition coefficient (Wildman–Crippen LogP) is 2.77. The highest BCUT2D eigenvalue weighted by Gasteiger charge is 2.27. The van der Waals surface area contributed by atoms with Crippen LogP contribution < -0.4 is 10.6 Å². The van der Waals surface area contributed by atoms with Gasteiger partial charge in [-0.2, -0.15) is 0 Å². The van der Waals surface area contributed by atoms with E-state index >= 15 is 0 Å². The third kappa shape index (κ3) is 5.05. The van der Waals surface area contributed by atoms with Crippen LogP contribution >= 0.6 is 11.6 Å². The summed E-state index contributed by atoms with van der Waals surface area (Å²) >= 11 is 6.08. The first-order chi connectivity index (χ1) is 13.0. The van der Waals surface area contributed by atoms with Gasteiger partial charge in [-0.1, -0.05) is 23.7 Å². The summed E-state index contributed by atoms with van der Waals surface area (Å²) < 4.78 is 12.9. The van der Waals surface area contributed by atoms with E-state index in [0.29, 0.717) is 23.7 Å². The van der Waals surface area contributed by atoms with Crippen LogP contribution in [0.25, 0.3) is 0 Å². The standard InChI is InChI=1S/C20H21ClFN3O2/c21-16-3-1-2-15(12-16)18-13-23-10-11-25(18)19(26)8-9-24-20(27)14-4-6-17(22)7-5-14/h1-7,12,18,23H,8-11,13H2,(H,24,27). The predicted molar refractivity (Wildman–Crippen MR) is 102 cm³/mol. The van der Waals surface area contributed by atoms with E-state index in [2.05, 4.69) is 10.6 Å². The lowest BCUT2D eigenvalue weighted by atomic mass is 10.0. The molecule has 1 unspecified atom stereocenters. The Hall–Kier alpha value is -2.44. The van der Waals surface area contributed by atoms with Gasteiger partial charge in [-0.15, -0.1) is 0 Å². The first kappa shape index (κ1) is 19.3. The van der Waals surface area contributed by atoms with E-state index in [1.54, 1.807) is 6.07 Å². The van der Waals surface area contributed by atoms with E-state index in [1.165, 1.54) is 24.3 Å². The quantitative estimate of drug-likeness (QED) is 0.826. The Morgan fingerprint density at radius 2 is 2.00 bits per heavy atom. The number of rotatable bonds is 5. The molecule has 5 nitrogen and oxygen atoms in total. The van der Waals surface area contributed by atoms with E-state index in [1.807, 2.05) is 23.1 Å². The highest BCUT2D eigenvalue weighted by atomic mass is 35.5. The minimum atomic E-state index is -0.396. The maximum Gasteiger partial charge on any atom is 0.251 e. The van der Waals surface area contributed by atoms with Gasteiger partial charge in [-0.05, 0) is 42.0 Å². The van der Waals surface area contributed by atoms with Crippen molar-refractivity contribution in [2.24, 2.45) is 0 Å².